The molecule has 2 heterocycles. The van der Waals surface area contributed by atoms with Crippen molar-refractivity contribution >= 4 is 15.7 Å². The van der Waals surface area contributed by atoms with Crippen molar-refractivity contribution in [1.82, 2.24) is 10.3 Å². The number of amides is 1. The third-order valence-electron chi connectivity index (χ3n) is 4.20. The summed E-state index contributed by atoms with van der Waals surface area (Å²) in [5, 5.41) is 2.34. The van der Waals surface area contributed by atoms with Gasteiger partial charge in [0, 0.05) is 29.4 Å². The lowest BCUT2D eigenvalue weighted by Crippen LogP contribution is -2.40. The van der Waals surface area contributed by atoms with E-state index in [4.69, 9.17) is 0 Å². The molecule has 0 aromatic carbocycles. The van der Waals surface area contributed by atoms with E-state index in [0.717, 1.165) is 18.5 Å². The van der Waals surface area contributed by atoms with Gasteiger partial charge in [0.05, 0.1) is 11.0 Å². The van der Waals surface area contributed by atoms with E-state index in [1.165, 1.54) is 0 Å². The highest BCUT2D eigenvalue weighted by atomic mass is 32.2. The van der Waals surface area contributed by atoms with Crippen LogP contribution in [0.1, 0.15) is 48.2 Å². The molecule has 1 aromatic heterocycles. The number of aromatic nitrogens is 1. The molecule has 1 amide bonds. The maximum atomic E-state index is 12.2. The van der Waals surface area contributed by atoms with Gasteiger partial charge in [-0.25, -0.2) is 8.42 Å². The van der Waals surface area contributed by atoms with Gasteiger partial charge in [0.15, 0.2) is 9.84 Å². The number of hydrogen-bond donors (Lipinski definition) is 1. The molecule has 2 aliphatic rings. The maximum absolute atomic E-state index is 12.2. The summed E-state index contributed by atoms with van der Waals surface area (Å²) in [6.45, 7) is 1.66. The molecule has 0 bridgehead atoms. The predicted octanol–water partition coefficient (Wildman–Crippen LogP) is 1.26. The molecule has 1 saturated heterocycles. The summed E-state index contributed by atoms with van der Waals surface area (Å²) < 4.78 is 23.4. The van der Waals surface area contributed by atoms with Gasteiger partial charge >= 0.3 is 0 Å². The van der Waals surface area contributed by atoms with Crippen LogP contribution in [0.3, 0.4) is 0 Å². The Morgan fingerprint density at radius 3 is 2.70 bits per heavy atom. The number of pyridine rings is 1. The number of carbonyl (C=O) groups excluding carboxylic acids is 1. The molecule has 20 heavy (non-hydrogen) atoms. The van der Waals surface area contributed by atoms with Crippen LogP contribution in [-0.4, -0.2) is 36.4 Å². The van der Waals surface area contributed by atoms with E-state index in [1.807, 2.05) is 6.07 Å². The summed E-state index contributed by atoms with van der Waals surface area (Å²) in [7, 11) is -3.04. The predicted molar refractivity (Wildman–Crippen MR) is 75.3 cm³/mol. The zero-order valence-corrected chi connectivity index (χ0v) is 12.2. The first-order chi connectivity index (χ1) is 9.47. The fraction of sp³-hybridized carbons (Fsp3) is 0.571. The third-order valence-corrected chi connectivity index (χ3v) is 6.47. The summed E-state index contributed by atoms with van der Waals surface area (Å²) in [4.78, 5) is 16.5. The van der Waals surface area contributed by atoms with Gasteiger partial charge in [0.1, 0.15) is 0 Å². The van der Waals surface area contributed by atoms with Crippen molar-refractivity contribution in [2.45, 2.75) is 43.4 Å². The molecule has 5 nitrogen and oxygen atoms in total. The number of nitrogens with one attached hydrogen (secondary N) is 1. The zero-order valence-electron chi connectivity index (χ0n) is 11.4. The molecule has 0 spiro atoms. The maximum Gasteiger partial charge on any atom is 0.251 e. The van der Waals surface area contributed by atoms with Crippen LogP contribution in [0.5, 0.6) is 0 Å². The second-order valence-electron chi connectivity index (χ2n) is 5.68. The van der Waals surface area contributed by atoms with Crippen LogP contribution in [0, 0.1) is 0 Å². The Hall–Kier alpha value is -1.43. The Kier molecular flexibility index (Phi) is 3.28. The molecule has 1 N–H and O–H groups in total. The highest BCUT2D eigenvalue weighted by Crippen LogP contribution is 2.38. The summed E-state index contributed by atoms with van der Waals surface area (Å²) in [6, 6.07) is 3.21. The van der Waals surface area contributed by atoms with Crippen LogP contribution in [0.15, 0.2) is 18.3 Å². The average molecular weight is 294 g/mol. The van der Waals surface area contributed by atoms with E-state index in [-0.39, 0.29) is 17.7 Å². The van der Waals surface area contributed by atoms with Crippen molar-refractivity contribution in [2.24, 2.45) is 0 Å². The highest BCUT2D eigenvalue weighted by Gasteiger charge is 2.37. The van der Waals surface area contributed by atoms with Crippen molar-refractivity contribution in [3.63, 3.8) is 0 Å². The van der Waals surface area contributed by atoms with E-state index in [9.17, 15) is 13.2 Å². The highest BCUT2D eigenvalue weighted by molar-refractivity contribution is 7.92. The standard InChI is InChI=1S/C14H18N2O3S/c1-9-12(5-7-20(9,18)19)16-14(17)11-4-6-15-13(8-11)10-2-3-10/h4,6,8-10,12H,2-3,5,7H2,1H3,(H,16,17)/t9-,12-/m0/s1. The molecule has 0 radical (unpaired) electrons. The molecular formula is C14H18N2O3S. The molecule has 6 heteroatoms. The quantitative estimate of drug-likeness (QED) is 0.910. The minimum atomic E-state index is -3.04. The third kappa shape index (κ3) is 2.57. The van der Waals surface area contributed by atoms with Gasteiger partial charge in [0.2, 0.25) is 0 Å². The molecule has 1 aliphatic heterocycles. The Morgan fingerprint density at radius 1 is 1.35 bits per heavy atom. The van der Waals surface area contributed by atoms with E-state index in [1.54, 1.807) is 19.2 Å². The summed E-state index contributed by atoms with van der Waals surface area (Å²) >= 11 is 0. The Morgan fingerprint density at radius 2 is 2.10 bits per heavy atom. The van der Waals surface area contributed by atoms with Crippen LogP contribution in [0.2, 0.25) is 0 Å². The second kappa shape index (κ2) is 4.84. The Balaban J connectivity index is 1.72. The molecule has 0 unspecified atom stereocenters. The molecule has 108 valence electrons. The van der Waals surface area contributed by atoms with Crippen molar-refractivity contribution < 1.29 is 13.2 Å². The first-order valence-electron chi connectivity index (χ1n) is 6.96. The number of sulfone groups is 1. The first kappa shape index (κ1) is 13.5. The van der Waals surface area contributed by atoms with Crippen molar-refractivity contribution in [3.05, 3.63) is 29.6 Å². The molecule has 1 aromatic rings. The second-order valence-corrected chi connectivity index (χ2v) is 8.16. The monoisotopic (exact) mass is 294 g/mol. The SMILES string of the molecule is C[C@H]1[C@@H](NC(=O)c2ccnc(C3CC3)c2)CCS1(=O)=O. The van der Waals surface area contributed by atoms with Gasteiger partial charge in [-0.15, -0.1) is 0 Å². The fourth-order valence-corrected chi connectivity index (χ4v) is 4.25. The van der Waals surface area contributed by atoms with Gasteiger partial charge in [-0.05, 0) is 38.3 Å². The summed E-state index contributed by atoms with van der Waals surface area (Å²) in [5.74, 6) is 0.444. The lowest BCUT2D eigenvalue weighted by molar-refractivity contribution is 0.0937. The lowest BCUT2D eigenvalue weighted by Gasteiger charge is -2.16. The van der Waals surface area contributed by atoms with Crippen LogP contribution < -0.4 is 5.32 Å². The van der Waals surface area contributed by atoms with E-state index < -0.39 is 15.1 Å². The molecule has 2 fully saturated rings. The van der Waals surface area contributed by atoms with Crippen LogP contribution in [0.4, 0.5) is 0 Å². The van der Waals surface area contributed by atoms with Crippen molar-refractivity contribution in [2.75, 3.05) is 5.75 Å². The largest absolute Gasteiger partial charge is 0.348 e. The average Bonchev–Trinajstić information content (AvgIpc) is 3.23. The van der Waals surface area contributed by atoms with E-state index in [0.29, 0.717) is 17.9 Å². The molecule has 3 rings (SSSR count). The van der Waals surface area contributed by atoms with Crippen LogP contribution >= 0.6 is 0 Å². The van der Waals surface area contributed by atoms with Crippen LogP contribution in [-0.2, 0) is 9.84 Å². The van der Waals surface area contributed by atoms with Crippen molar-refractivity contribution in [3.8, 4) is 0 Å². The summed E-state index contributed by atoms with van der Waals surface area (Å²) in [5.41, 5.74) is 1.53. The molecule has 2 atom stereocenters. The van der Waals surface area contributed by atoms with Gasteiger partial charge in [-0.3, -0.25) is 9.78 Å². The number of nitrogens with zero attached hydrogens (tertiary/aromatic N) is 1. The van der Waals surface area contributed by atoms with E-state index in [2.05, 4.69) is 10.3 Å². The molecule has 1 saturated carbocycles. The first-order valence-corrected chi connectivity index (χ1v) is 8.67. The van der Waals surface area contributed by atoms with Gasteiger partial charge in [0.25, 0.3) is 5.91 Å². The Labute approximate surface area is 118 Å². The van der Waals surface area contributed by atoms with Crippen LogP contribution in [0.25, 0.3) is 0 Å². The van der Waals surface area contributed by atoms with Gasteiger partial charge in [-0.1, -0.05) is 0 Å². The topological polar surface area (TPSA) is 76.1 Å². The Bertz CT molecular complexity index is 638. The van der Waals surface area contributed by atoms with Gasteiger partial charge in [-0.2, -0.15) is 0 Å². The van der Waals surface area contributed by atoms with Gasteiger partial charge < -0.3 is 5.32 Å². The smallest absolute Gasteiger partial charge is 0.251 e. The number of carbonyl (C=O) groups is 1. The van der Waals surface area contributed by atoms with Crippen molar-refractivity contribution in [1.29, 1.82) is 0 Å². The van der Waals surface area contributed by atoms with E-state index >= 15 is 0 Å². The normalized spacial score (nSPS) is 28.2. The zero-order chi connectivity index (χ0) is 14.3. The minimum Gasteiger partial charge on any atom is -0.348 e. The fourth-order valence-electron chi connectivity index (χ4n) is 2.60. The molecular weight excluding hydrogens is 276 g/mol. The molecule has 1 aliphatic carbocycles. The number of rotatable bonds is 3. The summed E-state index contributed by atoms with van der Waals surface area (Å²) in [6.07, 6.45) is 4.42. The lowest BCUT2D eigenvalue weighted by atomic mass is 10.1. The minimum absolute atomic E-state index is 0.156. The number of hydrogen-bond acceptors (Lipinski definition) is 4.